The lowest BCUT2D eigenvalue weighted by Crippen LogP contribution is -2.23. The van der Waals surface area contributed by atoms with Crippen molar-refractivity contribution in [1.29, 1.82) is 0 Å². The van der Waals surface area contributed by atoms with Crippen LogP contribution in [0.15, 0.2) is 48.5 Å². The summed E-state index contributed by atoms with van der Waals surface area (Å²) in [5.41, 5.74) is 1.16. The van der Waals surface area contributed by atoms with Gasteiger partial charge in [-0.15, -0.1) is 0 Å². The van der Waals surface area contributed by atoms with Gasteiger partial charge in [0.05, 0.1) is 6.61 Å². The van der Waals surface area contributed by atoms with Crippen LogP contribution in [-0.2, 0) is 14.3 Å². The van der Waals surface area contributed by atoms with Crippen LogP contribution < -0.4 is 14.8 Å². The molecular formula is C21H23NO6. The Kier molecular flexibility index (Phi) is 8.02. The lowest BCUT2D eigenvalue weighted by Gasteiger charge is -2.09. The first-order valence-corrected chi connectivity index (χ1v) is 8.96. The lowest BCUT2D eigenvalue weighted by atomic mass is 10.1. The standard InChI is InChI=1S/C21H23NO6/c1-3-19(23)15-5-9-18(10-6-15)27-14-21(25)28-13-20(24)22-16-7-11-17(12-8-16)26-4-2/h5-12H,3-4,13-14H2,1-2H3,(H,22,24). The zero-order chi connectivity index (χ0) is 20.4. The molecule has 0 unspecified atom stereocenters. The SMILES string of the molecule is CCOc1ccc(NC(=O)COC(=O)COc2ccc(C(=O)CC)cc2)cc1. The minimum absolute atomic E-state index is 0.0319. The molecule has 7 heteroatoms. The molecule has 7 nitrogen and oxygen atoms in total. The van der Waals surface area contributed by atoms with Gasteiger partial charge >= 0.3 is 5.97 Å². The van der Waals surface area contributed by atoms with E-state index >= 15 is 0 Å². The number of ketones is 1. The first kappa shape index (κ1) is 21.0. The van der Waals surface area contributed by atoms with Crippen LogP contribution >= 0.6 is 0 Å². The summed E-state index contributed by atoms with van der Waals surface area (Å²) >= 11 is 0. The highest BCUT2D eigenvalue weighted by atomic mass is 16.6. The molecule has 0 radical (unpaired) electrons. The predicted octanol–water partition coefficient (Wildman–Crippen LogP) is 3.24. The van der Waals surface area contributed by atoms with Crippen LogP contribution in [-0.4, -0.2) is 37.5 Å². The molecule has 0 fully saturated rings. The van der Waals surface area contributed by atoms with Gasteiger partial charge in [-0.05, 0) is 55.5 Å². The van der Waals surface area contributed by atoms with Gasteiger partial charge in [0.25, 0.3) is 5.91 Å². The molecule has 0 aromatic heterocycles. The van der Waals surface area contributed by atoms with Crippen molar-refractivity contribution in [3.63, 3.8) is 0 Å². The second kappa shape index (κ2) is 10.7. The summed E-state index contributed by atoms with van der Waals surface area (Å²) in [5.74, 6) is 0.0413. The summed E-state index contributed by atoms with van der Waals surface area (Å²) in [6.07, 6.45) is 0.422. The topological polar surface area (TPSA) is 90.9 Å². The summed E-state index contributed by atoms with van der Waals surface area (Å²) in [5, 5.41) is 2.62. The lowest BCUT2D eigenvalue weighted by molar-refractivity contribution is -0.149. The Balaban J connectivity index is 1.71. The minimum atomic E-state index is -0.671. The molecule has 0 aliphatic heterocycles. The molecule has 0 aliphatic rings. The molecule has 0 aliphatic carbocycles. The zero-order valence-corrected chi connectivity index (χ0v) is 15.9. The molecule has 0 saturated carbocycles. The third-order valence-electron chi connectivity index (χ3n) is 3.67. The Morgan fingerprint density at radius 2 is 1.43 bits per heavy atom. The molecule has 0 heterocycles. The summed E-state index contributed by atoms with van der Waals surface area (Å²) in [4.78, 5) is 35.1. The van der Waals surface area contributed by atoms with Crippen molar-refractivity contribution in [3.05, 3.63) is 54.1 Å². The van der Waals surface area contributed by atoms with Crippen LogP contribution in [0.2, 0.25) is 0 Å². The smallest absolute Gasteiger partial charge is 0.344 e. The Morgan fingerprint density at radius 3 is 2.04 bits per heavy atom. The van der Waals surface area contributed by atoms with Crippen molar-refractivity contribution in [2.24, 2.45) is 0 Å². The fraction of sp³-hybridized carbons (Fsp3) is 0.286. The monoisotopic (exact) mass is 385 g/mol. The fourth-order valence-corrected chi connectivity index (χ4v) is 2.27. The first-order chi connectivity index (χ1) is 13.5. The van der Waals surface area contributed by atoms with Gasteiger partial charge in [-0.2, -0.15) is 0 Å². The van der Waals surface area contributed by atoms with Crippen LogP contribution in [0, 0.1) is 0 Å². The van der Waals surface area contributed by atoms with Crippen molar-refractivity contribution in [3.8, 4) is 11.5 Å². The Bertz CT molecular complexity index is 799. The number of anilines is 1. The Hall–Kier alpha value is -3.35. The maximum Gasteiger partial charge on any atom is 0.344 e. The number of hydrogen-bond donors (Lipinski definition) is 1. The van der Waals surface area contributed by atoms with Gasteiger partial charge in [0.15, 0.2) is 19.0 Å². The number of carbonyl (C=O) groups is 3. The van der Waals surface area contributed by atoms with E-state index in [1.165, 1.54) is 0 Å². The summed E-state index contributed by atoms with van der Waals surface area (Å²) in [6.45, 7) is 3.48. The van der Waals surface area contributed by atoms with Crippen molar-refractivity contribution < 1.29 is 28.6 Å². The predicted molar refractivity (Wildman–Crippen MR) is 104 cm³/mol. The molecule has 2 aromatic carbocycles. The number of carbonyl (C=O) groups excluding carboxylic acids is 3. The molecule has 1 N–H and O–H groups in total. The number of rotatable bonds is 10. The van der Waals surface area contributed by atoms with E-state index in [4.69, 9.17) is 14.2 Å². The highest BCUT2D eigenvalue weighted by molar-refractivity contribution is 5.96. The van der Waals surface area contributed by atoms with E-state index < -0.39 is 18.5 Å². The zero-order valence-electron chi connectivity index (χ0n) is 15.9. The number of nitrogens with one attached hydrogen (secondary N) is 1. The number of esters is 1. The minimum Gasteiger partial charge on any atom is -0.494 e. The van der Waals surface area contributed by atoms with Crippen molar-refractivity contribution >= 4 is 23.3 Å². The molecule has 148 valence electrons. The van der Waals surface area contributed by atoms with Crippen LogP contribution in [0.4, 0.5) is 5.69 Å². The molecular weight excluding hydrogens is 362 g/mol. The molecule has 2 rings (SSSR count). The number of benzene rings is 2. The van der Waals surface area contributed by atoms with Gasteiger partial charge in [-0.1, -0.05) is 6.92 Å². The van der Waals surface area contributed by atoms with Crippen molar-refractivity contribution in [2.75, 3.05) is 25.1 Å². The molecule has 0 bridgehead atoms. The molecule has 1 amide bonds. The van der Waals surface area contributed by atoms with Crippen molar-refractivity contribution in [1.82, 2.24) is 0 Å². The van der Waals surface area contributed by atoms with Crippen LogP contribution in [0.3, 0.4) is 0 Å². The van der Waals surface area contributed by atoms with Gasteiger partial charge in [0.2, 0.25) is 0 Å². The van der Waals surface area contributed by atoms with E-state index in [-0.39, 0.29) is 12.4 Å². The highest BCUT2D eigenvalue weighted by Gasteiger charge is 2.10. The normalized spacial score (nSPS) is 10.1. The fourth-order valence-electron chi connectivity index (χ4n) is 2.27. The second-order valence-corrected chi connectivity index (χ2v) is 5.76. The molecule has 0 spiro atoms. The maximum absolute atomic E-state index is 11.8. The number of Topliss-reactive ketones (excluding diaryl/α,β-unsaturated/α-hetero) is 1. The van der Waals surface area contributed by atoms with E-state index in [2.05, 4.69) is 5.32 Å². The van der Waals surface area contributed by atoms with E-state index in [9.17, 15) is 14.4 Å². The second-order valence-electron chi connectivity index (χ2n) is 5.76. The van der Waals surface area contributed by atoms with Gasteiger partial charge in [-0.25, -0.2) is 4.79 Å². The van der Waals surface area contributed by atoms with Gasteiger partial charge in [0.1, 0.15) is 11.5 Å². The van der Waals surface area contributed by atoms with E-state index in [0.717, 1.165) is 0 Å². The average molecular weight is 385 g/mol. The largest absolute Gasteiger partial charge is 0.494 e. The van der Waals surface area contributed by atoms with E-state index in [0.29, 0.717) is 35.8 Å². The van der Waals surface area contributed by atoms with Crippen LogP contribution in [0.25, 0.3) is 0 Å². The average Bonchev–Trinajstić information content (AvgIpc) is 2.72. The van der Waals surface area contributed by atoms with Crippen LogP contribution in [0.1, 0.15) is 30.6 Å². The molecule has 28 heavy (non-hydrogen) atoms. The number of amides is 1. The van der Waals surface area contributed by atoms with Crippen molar-refractivity contribution in [2.45, 2.75) is 20.3 Å². The van der Waals surface area contributed by atoms with Gasteiger partial charge in [0, 0.05) is 17.7 Å². The van der Waals surface area contributed by atoms with Crippen LogP contribution in [0.5, 0.6) is 11.5 Å². The van der Waals surface area contributed by atoms with Gasteiger partial charge < -0.3 is 19.5 Å². The number of hydrogen-bond acceptors (Lipinski definition) is 6. The quantitative estimate of drug-likeness (QED) is 0.499. The first-order valence-electron chi connectivity index (χ1n) is 8.96. The highest BCUT2D eigenvalue weighted by Crippen LogP contribution is 2.16. The molecule has 0 atom stereocenters. The summed E-state index contributed by atoms with van der Waals surface area (Å²) < 4.78 is 15.5. The third-order valence-corrected chi connectivity index (χ3v) is 3.67. The molecule has 0 saturated heterocycles. The summed E-state index contributed by atoms with van der Waals surface area (Å²) in [6, 6.07) is 13.3. The number of ether oxygens (including phenoxy) is 3. The van der Waals surface area contributed by atoms with E-state index in [1.807, 2.05) is 6.92 Å². The summed E-state index contributed by atoms with van der Waals surface area (Å²) in [7, 11) is 0. The third kappa shape index (κ3) is 6.75. The van der Waals surface area contributed by atoms with E-state index in [1.54, 1.807) is 55.5 Å². The maximum atomic E-state index is 11.8. The molecule has 2 aromatic rings. The Morgan fingerprint density at radius 1 is 0.821 bits per heavy atom. The Labute approximate surface area is 163 Å². The van der Waals surface area contributed by atoms with Gasteiger partial charge in [-0.3, -0.25) is 9.59 Å².